The van der Waals surface area contributed by atoms with Gasteiger partial charge in [0.2, 0.25) is 0 Å². The standard InChI is InChI=1S/C18H20IN5O/c19-14-3-1-2-12(8-14)11-24-17-15(22-18(24)25)4-5-16(23-17)21-10-13-6-7-20-9-13/h1-5,8,13,20H,6-7,9-11H2,(H,21,23)(H,22,25)/t13-/m1/s1. The van der Waals surface area contributed by atoms with Crippen molar-refractivity contribution in [3.8, 4) is 0 Å². The molecule has 0 bridgehead atoms. The molecule has 0 saturated carbocycles. The second kappa shape index (κ2) is 7.17. The molecule has 0 radical (unpaired) electrons. The van der Waals surface area contributed by atoms with Crippen molar-refractivity contribution in [1.29, 1.82) is 0 Å². The SMILES string of the molecule is O=c1[nH]c2ccc(NC[C@@H]3CCNC3)nc2n1Cc1cccc(I)c1. The molecule has 4 rings (SSSR count). The van der Waals surface area contributed by atoms with E-state index < -0.39 is 0 Å². The third-order valence-electron chi connectivity index (χ3n) is 4.58. The van der Waals surface area contributed by atoms with Gasteiger partial charge in [0.25, 0.3) is 0 Å². The quantitative estimate of drug-likeness (QED) is 0.524. The molecule has 1 aliphatic heterocycles. The highest BCUT2D eigenvalue weighted by atomic mass is 127. The first kappa shape index (κ1) is 16.6. The van der Waals surface area contributed by atoms with Gasteiger partial charge in [0.1, 0.15) is 5.82 Å². The summed E-state index contributed by atoms with van der Waals surface area (Å²) in [6.07, 6.45) is 1.19. The molecule has 1 aliphatic rings. The van der Waals surface area contributed by atoms with Crippen LogP contribution < -0.4 is 16.3 Å². The Morgan fingerprint density at radius 1 is 1.32 bits per heavy atom. The number of hydrogen-bond donors (Lipinski definition) is 3. The van der Waals surface area contributed by atoms with Crippen molar-refractivity contribution in [2.75, 3.05) is 25.0 Å². The second-order valence-electron chi connectivity index (χ2n) is 6.45. The fraction of sp³-hybridized carbons (Fsp3) is 0.333. The van der Waals surface area contributed by atoms with Crippen LogP contribution in [0.2, 0.25) is 0 Å². The van der Waals surface area contributed by atoms with E-state index in [4.69, 9.17) is 0 Å². The lowest BCUT2D eigenvalue weighted by Crippen LogP contribution is -2.19. The van der Waals surface area contributed by atoms with Gasteiger partial charge in [-0.3, -0.25) is 4.57 Å². The topological polar surface area (TPSA) is 74.7 Å². The molecule has 2 aromatic heterocycles. The number of H-pyrrole nitrogens is 1. The highest BCUT2D eigenvalue weighted by Crippen LogP contribution is 2.16. The molecule has 3 aromatic rings. The molecule has 1 aromatic carbocycles. The molecule has 0 aliphatic carbocycles. The Morgan fingerprint density at radius 3 is 3.04 bits per heavy atom. The summed E-state index contributed by atoms with van der Waals surface area (Å²) in [6.45, 7) is 3.55. The van der Waals surface area contributed by atoms with Crippen LogP contribution in [-0.4, -0.2) is 34.2 Å². The molecule has 0 unspecified atom stereocenters. The van der Waals surface area contributed by atoms with Gasteiger partial charge in [-0.1, -0.05) is 12.1 Å². The average Bonchev–Trinajstić information content (AvgIpc) is 3.22. The molecule has 6 nitrogen and oxygen atoms in total. The van der Waals surface area contributed by atoms with Gasteiger partial charge in [-0.15, -0.1) is 0 Å². The minimum absolute atomic E-state index is 0.126. The summed E-state index contributed by atoms with van der Waals surface area (Å²) in [7, 11) is 0. The third-order valence-corrected chi connectivity index (χ3v) is 5.25. The van der Waals surface area contributed by atoms with Crippen LogP contribution >= 0.6 is 22.6 Å². The predicted octanol–water partition coefficient (Wildman–Crippen LogP) is 2.40. The maximum Gasteiger partial charge on any atom is 0.327 e. The van der Waals surface area contributed by atoms with Crippen LogP contribution in [0.15, 0.2) is 41.2 Å². The van der Waals surface area contributed by atoms with Crippen molar-refractivity contribution in [3.05, 3.63) is 56.0 Å². The molecule has 25 heavy (non-hydrogen) atoms. The van der Waals surface area contributed by atoms with Gasteiger partial charge in [-0.2, -0.15) is 0 Å². The van der Waals surface area contributed by atoms with Crippen molar-refractivity contribution in [3.63, 3.8) is 0 Å². The van der Waals surface area contributed by atoms with Crippen molar-refractivity contribution in [1.82, 2.24) is 19.9 Å². The van der Waals surface area contributed by atoms with Crippen molar-refractivity contribution < 1.29 is 0 Å². The number of halogens is 1. The van der Waals surface area contributed by atoms with Crippen molar-refractivity contribution in [2.45, 2.75) is 13.0 Å². The molecular formula is C18H20IN5O. The highest BCUT2D eigenvalue weighted by Gasteiger charge is 2.15. The van der Waals surface area contributed by atoms with Gasteiger partial charge in [0.05, 0.1) is 12.1 Å². The van der Waals surface area contributed by atoms with Crippen LogP contribution in [-0.2, 0) is 6.54 Å². The van der Waals surface area contributed by atoms with Gasteiger partial charge < -0.3 is 15.6 Å². The number of benzene rings is 1. The number of nitrogens with one attached hydrogen (secondary N) is 3. The highest BCUT2D eigenvalue weighted by molar-refractivity contribution is 14.1. The number of pyridine rings is 1. The van der Waals surface area contributed by atoms with E-state index in [-0.39, 0.29) is 5.69 Å². The first-order valence-corrected chi connectivity index (χ1v) is 9.55. The number of nitrogens with zero attached hydrogens (tertiary/aromatic N) is 2. The zero-order chi connectivity index (χ0) is 17.2. The zero-order valence-corrected chi connectivity index (χ0v) is 15.9. The first-order chi connectivity index (χ1) is 12.2. The number of imidazole rings is 1. The average molecular weight is 449 g/mol. The predicted molar refractivity (Wildman–Crippen MR) is 108 cm³/mol. The van der Waals surface area contributed by atoms with Crippen LogP contribution in [0, 0.1) is 9.49 Å². The van der Waals surface area contributed by atoms with E-state index in [0.29, 0.717) is 18.1 Å². The lowest BCUT2D eigenvalue weighted by molar-refractivity contribution is 0.614. The van der Waals surface area contributed by atoms with Gasteiger partial charge in [0, 0.05) is 10.1 Å². The molecule has 130 valence electrons. The molecule has 3 N–H and O–H groups in total. The molecule has 0 amide bonds. The maximum absolute atomic E-state index is 12.3. The summed E-state index contributed by atoms with van der Waals surface area (Å²) in [6, 6.07) is 12.0. The Kier molecular flexibility index (Phi) is 4.76. The molecule has 1 saturated heterocycles. The molecular weight excluding hydrogens is 429 g/mol. The monoisotopic (exact) mass is 449 g/mol. The Morgan fingerprint density at radius 2 is 2.24 bits per heavy atom. The Labute approximate surface area is 159 Å². The smallest absolute Gasteiger partial charge is 0.327 e. The lowest BCUT2D eigenvalue weighted by Gasteiger charge is -2.11. The van der Waals surface area contributed by atoms with Crippen LogP contribution in [0.4, 0.5) is 5.82 Å². The Balaban J connectivity index is 1.60. The van der Waals surface area contributed by atoms with Crippen molar-refractivity contribution >= 4 is 39.6 Å². The summed E-state index contributed by atoms with van der Waals surface area (Å²) in [4.78, 5) is 19.9. The maximum atomic E-state index is 12.3. The summed E-state index contributed by atoms with van der Waals surface area (Å²) in [5.74, 6) is 1.45. The summed E-state index contributed by atoms with van der Waals surface area (Å²) in [5, 5.41) is 6.78. The summed E-state index contributed by atoms with van der Waals surface area (Å²) < 4.78 is 2.85. The van der Waals surface area contributed by atoms with Gasteiger partial charge in [-0.05, 0) is 77.8 Å². The summed E-state index contributed by atoms with van der Waals surface area (Å²) in [5.41, 5.74) is 2.42. The molecule has 7 heteroatoms. The first-order valence-electron chi connectivity index (χ1n) is 8.47. The number of fused-ring (bicyclic) bond motifs is 1. The molecule has 1 atom stereocenters. The lowest BCUT2D eigenvalue weighted by atomic mass is 10.1. The Hall–Kier alpha value is -1.87. The van der Waals surface area contributed by atoms with E-state index in [0.717, 1.165) is 40.1 Å². The zero-order valence-electron chi connectivity index (χ0n) is 13.8. The molecule has 0 spiro atoms. The van der Waals surface area contributed by atoms with E-state index >= 15 is 0 Å². The third kappa shape index (κ3) is 3.72. The van der Waals surface area contributed by atoms with Crippen LogP contribution in [0.5, 0.6) is 0 Å². The molecule has 3 heterocycles. The van der Waals surface area contributed by atoms with Crippen LogP contribution in [0.1, 0.15) is 12.0 Å². The number of hydrogen-bond acceptors (Lipinski definition) is 4. The van der Waals surface area contributed by atoms with Crippen LogP contribution in [0.3, 0.4) is 0 Å². The van der Waals surface area contributed by atoms with E-state index in [2.05, 4.69) is 49.3 Å². The second-order valence-corrected chi connectivity index (χ2v) is 7.70. The normalized spacial score (nSPS) is 17.2. The molecule has 1 fully saturated rings. The van der Waals surface area contributed by atoms with E-state index in [1.165, 1.54) is 6.42 Å². The Bertz CT molecular complexity index is 942. The number of anilines is 1. The minimum atomic E-state index is -0.126. The van der Waals surface area contributed by atoms with Gasteiger partial charge in [0.15, 0.2) is 5.65 Å². The van der Waals surface area contributed by atoms with E-state index in [9.17, 15) is 4.79 Å². The fourth-order valence-corrected chi connectivity index (χ4v) is 3.84. The largest absolute Gasteiger partial charge is 0.370 e. The van der Waals surface area contributed by atoms with Crippen molar-refractivity contribution in [2.24, 2.45) is 5.92 Å². The van der Waals surface area contributed by atoms with E-state index in [1.807, 2.05) is 30.3 Å². The summed E-state index contributed by atoms with van der Waals surface area (Å²) >= 11 is 2.28. The van der Waals surface area contributed by atoms with Crippen LogP contribution in [0.25, 0.3) is 11.2 Å². The van der Waals surface area contributed by atoms with Gasteiger partial charge >= 0.3 is 5.69 Å². The minimum Gasteiger partial charge on any atom is -0.370 e. The number of rotatable bonds is 5. The van der Waals surface area contributed by atoms with Gasteiger partial charge in [-0.25, -0.2) is 9.78 Å². The van der Waals surface area contributed by atoms with E-state index in [1.54, 1.807) is 4.57 Å². The number of aromatic nitrogens is 3. The fourth-order valence-electron chi connectivity index (χ4n) is 3.23. The number of aromatic amines is 1.